The summed E-state index contributed by atoms with van der Waals surface area (Å²) in [6.45, 7) is 12.7. The number of rotatable bonds is 7. The number of carbonyl (C=O) groups excluding carboxylic acids is 1. The summed E-state index contributed by atoms with van der Waals surface area (Å²) < 4.78 is 6.07. The van der Waals surface area contributed by atoms with Crippen molar-refractivity contribution in [1.29, 1.82) is 0 Å². The lowest BCUT2D eigenvalue weighted by atomic mass is 9.74. The Morgan fingerprint density at radius 2 is 1.75 bits per heavy atom. The molecule has 3 heteroatoms. The normalized spacial score (nSPS) is 16.2. The van der Waals surface area contributed by atoms with Crippen molar-refractivity contribution in [3.8, 4) is 0 Å². The van der Waals surface area contributed by atoms with Crippen molar-refractivity contribution in [2.45, 2.75) is 72.1 Å². The molecule has 0 saturated heterocycles. The fourth-order valence-corrected chi connectivity index (χ4v) is 3.30. The van der Waals surface area contributed by atoms with Gasteiger partial charge in [0.05, 0.1) is 0 Å². The topological polar surface area (TPSA) is 26.3 Å². The molecule has 0 fully saturated rings. The molecule has 0 spiro atoms. The van der Waals surface area contributed by atoms with Crippen LogP contribution in [0.2, 0.25) is 13.1 Å². The average Bonchev–Trinajstić information content (AvgIpc) is 2.14. The largest absolute Gasteiger partial charge is 0.408 e. The van der Waals surface area contributed by atoms with Crippen LogP contribution in [0.5, 0.6) is 0 Å². The van der Waals surface area contributed by atoms with Crippen LogP contribution >= 0.6 is 0 Å². The Hall–Kier alpha value is -0.153. The Bertz CT molecular complexity index is 208. The van der Waals surface area contributed by atoms with Gasteiger partial charge in [0.1, 0.15) is 5.60 Å². The third kappa shape index (κ3) is 4.38. The van der Waals surface area contributed by atoms with Crippen LogP contribution in [0.3, 0.4) is 0 Å². The van der Waals surface area contributed by atoms with Crippen LogP contribution in [0.1, 0.15) is 53.4 Å². The smallest absolute Gasteiger partial charge is 0.172 e. The first-order valence-electron chi connectivity index (χ1n) is 6.43. The van der Waals surface area contributed by atoms with Crippen molar-refractivity contribution in [3.63, 3.8) is 0 Å². The lowest BCUT2D eigenvalue weighted by Crippen LogP contribution is -2.49. The number of hydrogen-bond donors (Lipinski definition) is 0. The quantitative estimate of drug-likeness (QED) is 0.389. The van der Waals surface area contributed by atoms with Crippen LogP contribution < -0.4 is 0 Å². The van der Waals surface area contributed by atoms with Crippen LogP contribution in [0.25, 0.3) is 0 Å². The summed E-state index contributed by atoms with van der Waals surface area (Å²) >= 11 is 0. The van der Waals surface area contributed by atoms with Crippen LogP contribution in [-0.2, 0) is 9.22 Å². The van der Waals surface area contributed by atoms with Gasteiger partial charge in [-0.15, -0.1) is 0 Å². The highest BCUT2D eigenvalue weighted by molar-refractivity contribution is 6.48. The molecular weight excluding hydrogens is 216 g/mol. The zero-order valence-electron chi connectivity index (χ0n) is 11.8. The summed E-state index contributed by atoms with van der Waals surface area (Å²) in [6.07, 6.45) is 5.34. The molecule has 0 aliphatic rings. The van der Waals surface area contributed by atoms with Gasteiger partial charge in [0.25, 0.3) is 0 Å². The highest BCUT2D eigenvalue weighted by atomic mass is 28.3. The van der Waals surface area contributed by atoms with Gasteiger partial charge in [-0.1, -0.05) is 47.0 Å². The average molecular weight is 244 g/mol. The van der Waals surface area contributed by atoms with Crippen LogP contribution in [0.15, 0.2) is 0 Å². The van der Waals surface area contributed by atoms with E-state index in [2.05, 4.69) is 40.8 Å². The fraction of sp³-hybridized carbons (Fsp3) is 0.923. The maximum atomic E-state index is 11.5. The van der Waals surface area contributed by atoms with E-state index in [9.17, 15) is 4.79 Å². The zero-order chi connectivity index (χ0) is 12.8. The molecule has 0 aromatic rings. The van der Waals surface area contributed by atoms with E-state index >= 15 is 0 Å². The first kappa shape index (κ1) is 15.8. The first-order valence-corrected chi connectivity index (χ1v) is 9.21. The molecule has 96 valence electrons. The van der Waals surface area contributed by atoms with Crippen molar-refractivity contribution in [3.05, 3.63) is 0 Å². The molecule has 0 aliphatic carbocycles. The van der Waals surface area contributed by atoms with Gasteiger partial charge in [0.2, 0.25) is 0 Å². The number of aldehydes is 1. The summed E-state index contributed by atoms with van der Waals surface area (Å²) in [5, 5.41) is 0. The summed E-state index contributed by atoms with van der Waals surface area (Å²) in [5.41, 5.74) is -0.678. The van der Waals surface area contributed by atoms with Gasteiger partial charge < -0.3 is 9.22 Å². The van der Waals surface area contributed by atoms with Gasteiger partial charge >= 0.3 is 0 Å². The third-order valence-corrected chi connectivity index (χ3v) is 3.95. The second-order valence-electron chi connectivity index (χ2n) is 5.88. The van der Waals surface area contributed by atoms with Gasteiger partial charge in [-0.05, 0) is 24.9 Å². The molecule has 2 nitrogen and oxygen atoms in total. The number of carbonyl (C=O) groups is 1. The molecular formula is C13H28O2Si. The van der Waals surface area contributed by atoms with Crippen molar-refractivity contribution in [2.75, 3.05) is 0 Å². The minimum Gasteiger partial charge on any atom is -0.408 e. The second kappa shape index (κ2) is 6.55. The van der Waals surface area contributed by atoms with E-state index in [1.807, 2.05) is 0 Å². The minimum atomic E-state index is -1.20. The highest BCUT2D eigenvalue weighted by Crippen LogP contribution is 2.37. The molecule has 0 heterocycles. The standard InChI is InChI=1S/C13H28O2Si/c1-7-8-9-10-13(11-14,12(2,3)4)15-16(5)6/h11,16H,7-10H2,1-6H3. The molecule has 0 amide bonds. The minimum absolute atomic E-state index is 0.111. The Morgan fingerprint density at radius 3 is 2.06 bits per heavy atom. The number of hydrogen-bond acceptors (Lipinski definition) is 2. The fourth-order valence-electron chi connectivity index (χ4n) is 1.93. The summed E-state index contributed by atoms with van der Waals surface area (Å²) in [7, 11) is -1.20. The molecule has 0 aromatic carbocycles. The summed E-state index contributed by atoms with van der Waals surface area (Å²) in [6, 6.07) is 0. The van der Waals surface area contributed by atoms with Gasteiger partial charge in [-0.3, -0.25) is 0 Å². The first-order chi connectivity index (χ1) is 7.29. The zero-order valence-corrected chi connectivity index (χ0v) is 13.0. The lowest BCUT2D eigenvalue weighted by Gasteiger charge is -2.42. The van der Waals surface area contributed by atoms with Crippen molar-refractivity contribution < 1.29 is 9.22 Å². The van der Waals surface area contributed by atoms with Gasteiger partial charge in [-0.25, -0.2) is 0 Å². The van der Waals surface area contributed by atoms with Crippen molar-refractivity contribution >= 4 is 15.3 Å². The van der Waals surface area contributed by atoms with Crippen LogP contribution in [0, 0.1) is 5.41 Å². The molecule has 1 atom stereocenters. The van der Waals surface area contributed by atoms with Crippen LogP contribution in [-0.4, -0.2) is 20.9 Å². The van der Waals surface area contributed by atoms with E-state index in [1.165, 1.54) is 12.8 Å². The number of unbranched alkanes of at least 4 members (excludes halogenated alkanes) is 2. The highest BCUT2D eigenvalue weighted by Gasteiger charge is 2.42. The van der Waals surface area contributed by atoms with Crippen molar-refractivity contribution in [2.24, 2.45) is 5.41 Å². The summed E-state index contributed by atoms with van der Waals surface area (Å²) in [5.74, 6) is 0. The maximum Gasteiger partial charge on any atom is 0.172 e. The predicted molar refractivity (Wildman–Crippen MR) is 72.4 cm³/mol. The summed E-state index contributed by atoms with van der Waals surface area (Å²) in [4.78, 5) is 11.5. The SMILES string of the molecule is CCCCCC(C=O)(O[SiH](C)C)C(C)(C)C. The molecule has 16 heavy (non-hydrogen) atoms. The van der Waals surface area contributed by atoms with E-state index in [4.69, 9.17) is 4.43 Å². The van der Waals surface area contributed by atoms with Gasteiger partial charge in [-0.2, -0.15) is 0 Å². The monoisotopic (exact) mass is 244 g/mol. The molecule has 0 radical (unpaired) electrons. The van der Waals surface area contributed by atoms with E-state index in [1.54, 1.807) is 0 Å². The van der Waals surface area contributed by atoms with Crippen molar-refractivity contribution in [1.82, 2.24) is 0 Å². The van der Waals surface area contributed by atoms with E-state index in [0.717, 1.165) is 19.1 Å². The predicted octanol–water partition coefficient (Wildman–Crippen LogP) is 3.55. The molecule has 0 saturated carbocycles. The van der Waals surface area contributed by atoms with E-state index < -0.39 is 14.6 Å². The lowest BCUT2D eigenvalue weighted by molar-refractivity contribution is -0.133. The third-order valence-electron chi connectivity index (χ3n) is 3.06. The molecule has 0 rings (SSSR count). The Labute approximate surface area is 102 Å². The Kier molecular flexibility index (Phi) is 6.49. The van der Waals surface area contributed by atoms with Gasteiger partial charge in [0.15, 0.2) is 15.3 Å². The van der Waals surface area contributed by atoms with Gasteiger partial charge in [0, 0.05) is 0 Å². The van der Waals surface area contributed by atoms with Crippen LogP contribution in [0.4, 0.5) is 0 Å². The second-order valence-corrected chi connectivity index (χ2v) is 8.21. The molecule has 0 bridgehead atoms. The molecule has 0 aliphatic heterocycles. The molecule has 0 aromatic heterocycles. The Balaban J connectivity index is 4.75. The molecule has 0 N–H and O–H groups in total. The maximum absolute atomic E-state index is 11.5. The molecule has 1 unspecified atom stereocenters. The van der Waals surface area contributed by atoms with E-state index in [0.29, 0.717) is 0 Å². The van der Waals surface area contributed by atoms with E-state index in [-0.39, 0.29) is 5.41 Å². The Morgan fingerprint density at radius 1 is 1.19 bits per heavy atom.